The van der Waals surface area contributed by atoms with E-state index in [1.165, 1.54) is 0 Å². The molecule has 0 unspecified atom stereocenters. The van der Waals surface area contributed by atoms with Gasteiger partial charge in [-0.3, -0.25) is 4.57 Å². The van der Waals surface area contributed by atoms with Gasteiger partial charge in [0, 0.05) is 63.1 Å². The van der Waals surface area contributed by atoms with Crippen molar-refractivity contribution in [2.45, 2.75) is 26.2 Å². The molecule has 12 aromatic rings. The fourth-order valence-corrected chi connectivity index (χ4v) is 10.3. The number of hydrogen-bond donors (Lipinski definition) is 0. The summed E-state index contributed by atoms with van der Waals surface area (Å²) in [6.07, 6.45) is 1.76. The van der Waals surface area contributed by atoms with Gasteiger partial charge in [0.05, 0.1) is 41.8 Å². The smallest absolute Gasteiger partial charge is 0.143 e. The summed E-state index contributed by atoms with van der Waals surface area (Å²) in [5, 5.41) is 2.02. The summed E-state index contributed by atoms with van der Waals surface area (Å²) in [4.78, 5) is 8.93. The van der Waals surface area contributed by atoms with Crippen LogP contribution in [0.15, 0.2) is 261 Å². The lowest BCUT2D eigenvalue weighted by Crippen LogP contribution is -2.25. The molecule has 0 amide bonds. The predicted molar refractivity (Wildman–Crippen MR) is 314 cm³/mol. The third-order valence-corrected chi connectivity index (χ3v) is 13.9. The molecule has 10 aromatic carbocycles. The molecule has 1 aliphatic rings. The second-order valence-electron chi connectivity index (χ2n) is 19.7. The van der Waals surface area contributed by atoms with Crippen molar-refractivity contribution in [2.75, 3.05) is 16.5 Å². The molecule has 0 fully saturated rings. The summed E-state index contributed by atoms with van der Waals surface area (Å²) in [5.41, 5.74) is 8.47. The predicted octanol–water partition coefficient (Wildman–Crippen LogP) is 19.0. The Morgan fingerprint density at radius 1 is 0.447 bits per heavy atom. The van der Waals surface area contributed by atoms with Gasteiger partial charge in [0.15, 0.2) is 0 Å². The molecule has 366 valence electrons. The Kier molecular flexibility index (Phi) is 9.23. The monoisotopic (exact) mass is 992 g/mol. The quantitative estimate of drug-likeness (QED) is 0.129. The van der Waals surface area contributed by atoms with E-state index in [1.807, 2.05) is 147 Å². The molecule has 0 N–H and O–H groups in total. The van der Waals surface area contributed by atoms with Crippen molar-refractivity contribution >= 4 is 44.6 Å². The molecule has 0 aliphatic carbocycles. The number of anilines is 4. The molecule has 0 saturated heterocycles. The van der Waals surface area contributed by atoms with Crippen LogP contribution in [0.5, 0.6) is 23.0 Å². The SMILES string of the molecule is [2H]c1c([2H])c([2H])c(-c2cc(C(C)(C)C)cc(-c3c([2H])c([2H])c([2H])c([2H])c3[2H])c2N2CN(c3cccc(Oc4ccc5c6ccccc6n(-c6cc(Oc7c(-c8ccccc8)cccc7-c7ccccc7)ccn6)c5c4)c3)c3ccccc32)c([2H])c1[2H]. The van der Waals surface area contributed by atoms with Crippen LogP contribution in [-0.4, -0.2) is 16.2 Å². The maximum atomic E-state index is 9.31. The van der Waals surface area contributed by atoms with Crippen LogP contribution in [0.3, 0.4) is 0 Å². The number of ether oxygens (including phenoxy) is 2. The molecule has 0 spiro atoms. The molecule has 0 bridgehead atoms. The lowest BCUT2D eigenvalue weighted by atomic mass is 9.82. The summed E-state index contributed by atoms with van der Waals surface area (Å²) in [6.45, 7) is 5.96. The molecule has 0 radical (unpaired) electrons. The van der Waals surface area contributed by atoms with Crippen molar-refractivity contribution < 1.29 is 23.2 Å². The Hall–Kier alpha value is -9.65. The molecule has 6 nitrogen and oxygen atoms in total. The van der Waals surface area contributed by atoms with E-state index < -0.39 is 65.8 Å². The first-order valence-electron chi connectivity index (χ1n) is 30.1. The van der Waals surface area contributed by atoms with Crippen molar-refractivity contribution in [3.8, 4) is 73.3 Å². The zero-order valence-corrected chi connectivity index (χ0v) is 41.9. The van der Waals surface area contributed by atoms with Crippen LogP contribution in [0.4, 0.5) is 22.7 Å². The molecule has 2 aromatic heterocycles. The van der Waals surface area contributed by atoms with Crippen LogP contribution in [0.1, 0.15) is 40.0 Å². The Balaban J connectivity index is 0.901. The molecule has 0 saturated carbocycles. The summed E-state index contributed by atoms with van der Waals surface area (Å²) >= 11 is 0. The highest BCUT2D eigenvalue weighted by Crippen LogP contribution is 2.52. The second kappa shape index (κ2) is 19.3. The lowest BCUT2D eigenvalue weighted by Gasteiger charge is -2.30. The molecule has 1 aliphatic heterocycles. The fourth-order valence-electron chi connectivity index (χ4n) is 10.3. The highest BCUT2D eigenvalue weighted by atomic mass is 16.5. The van der Waals surface area contributed by atoms with Gasteiger partial charge in [0.2, 0.25) is 0 Å². The molecule has 13 rings (SSSR count). The Morgan fingerprint density at radius 3 is 1.67 bits per heavy atom. The number of rotatable bonds is 11. The van der Waals surface area contributed by atoms with E-state index in [1.54, 1.807) is 18.3 Å². The van der Waals surface area contributed by atoms with Gasteiger partial charge in [-0.15, -0.1) is 0 Å². The molecule has 76 heavy (non-hydrogen) atoms. The van der Waals surface area contributed by atoms with Crippen molar-refractivity contribution in [3.63, 3.8) is 0 Å². The van der Waals surface area contributed by atoms with Crippen LogP contribution in [0.25, 0.3) is 72.1 Å². The summed E-state index contributed by atoms with van der Waals surface area (Å²) in [5.74, 6) is 3.04. The Labute approximate surface area is 458 Å². The van der Waals surface area contributed by atoms with E-state index in [0.717, 1.165) is 61.2 Å². The van der Waals surface area contributed by atoms with Gasteiger partial charge in [-0.05, 0) is 93.9 Å². The van der Waals surface area contributed by atoms with Gasteiger partial charge >= 0.3 is 0 Å². The highest BCUT2D eigenvalue weighted by Gasteiger charge is 2.33. The molecule has 6 heteroatoms. The number of fused-ring (bicyclic) bond motifs is 4. The van der Waals surface area contributed by atoms with Crippen LogP contribution < -0.4 is 19.3 Å². The fraction of sp³-hybridized carbons (Fsp3) is 0.0714. The number of benzene rings is 10. The van der Waals surface area contributed by atoms with Gasteiger partial charge in [0.1, 0.15) is 35.5 Å². The lowest BCUT2D eigenvalue weighted by molar-refractivity contribution is 0.483. The van der Waals surface area contributed by atoms with Gasteiger partial charge in [-0.25, -0.2) is 4.98 Å². The first-order chi connectivity index (χ1) is 41.5. The van der Waals surface area contributed by atoms with Gasteiger partial charge < -0.3 is 19.3 Å². The molecule has 3 heterocycles. The number of hydrogen-bond acceptors (Lipinski definition) is 5. The topological polar surface area (TPSA) is 42.8 Å². The molecular formula is C70H54N4O2. The standard InChI is InChI=1S/C70H54N4O2/c1-70(2,3)52-42-61(50-26-12-6-13-27-50)68(62(43-52)51-28-14-7-15-29-51)73-47-72(64-36-18-19-37-65(64)73)53-30-20-31-54(44-53)75-55-38-39-60-59-32-16-17-35-63(59)74(66(60)45-55)67-46-56(40-41-71-67)76-69-57(48-22-8-4-9-23-48)33-21-34-58(69)49-24-10-5-11-25-49/h4-46H,47H2,1-3H3/i6D,7D,12D,13D,14D,15D,26D,27D,28D,29D. The van der Waals surface area contributed by atoms with Crippen LogP contribution in [0.2, 0.25) is 0 Å². The van der Waals surface area contributed by atoms with Crippen molar-refractivity contribution in [1.82, 2.24) is 9.55 Å². The van der Waals surface area contributed by atoms with E-state index in [2.05, 4.69) is 70.1 Å². The van der Waals surface area contributed by atoms with Gasteiger partial charge in [-0.2, -0.15) is 0 Å². The number of para-hydroxylation sites is 4. The molecule has 0 atom stereocenters. The van der Waals surface area contributed by atoms with Gasteiger partial charge in [0.25, 0.3) is 0 Å². The minimum absolute atomic E-state index is 0.0855. The maximum Gasteiger partial charge on any atom is 0.143 e. The highest BCUT2D eigenvalue weighted by molar-refractivity contribution is 6.09. The normalized spacial score (nSPS) is 14.1. The summed E-state index contributed by atoms with van der Waals surface area (Å²) in [6, 6.07) is 58.5. The third kappa shape index (κ3) is 8.59. The first kappa shape index (κ1) is 36.3. The average molecular weight is 993 g/mol. The Morgan fingerprint density at radius 2 is 1.01 bits per heavy atom. The average Bonchev–Trinajstić information content (AvgIpc) is 1.36. The van der Waals surface area contributed by atoms with E-state index in [0.29, 0.717) is 40.0 Å². The first-order valence-corrected chi connectivity index (χ1v) is 25.1. The molecular weight excluding hydrogens is 929 g/mol. The minimum Gasteiger partial charge on any atom is -0.457 e. The van der Waals surface area contributed by atoms with Gasteiger partial charge in [-0.1, -0.05) is 196 Å². The van der Waals surface area contributed by atoms with E-state index in [4.69, 9.17) is 22.7 Å². The summed E-state index contributed by atoms with van der Waals surface area (Å²) in [7, 11) is 0. The van der Waals surface area contributed by atoms with Crippen molar-refractivity contribution in [2.24, 2.45) is 0 Å². The minimum atomic E-state index is -0.625. The third-order valence-electron chi connectivity index (χ3n) is 13.9. The van der Waals surface area contributed by atoms with Crippen molar-refractivity contribution in [1.29, 1.82) is 0 Å². The van der Waals surface area contributed by atoms with Crippen LogP contribution in [0, 0.1) is 0 Å². The van der Waals surface area contributed by atoms with E-state index >= 15 is 0 Å². The van der Waals surface area contributed by atoms with Crippen molar-refractivity contribution in [3.05, 3.63) is 266 Å². The largest absolute Gasteiger partial charge is 0.457 e. The zero-order valence-electron chi connectivity index (χ0n) is 51.9. The second-order valence-corrected chi connectivity index (χ2v) is 19.7. The van der Waals surface area contributed by atoms with E-state index in [9.17, 15) is 5.48 Å². The number of pyridine rings is 1. The van der Waals surface area contributed by atoms with E-state index in [-0.39, 0.29) is 28.9 Å². The van der Waals surface area contributed by atoms with Crippen LogP contribution in [-0.2, 0) is 5.41 Å². The zero-order chi connectivity index (χ0) is 59.9. The maximum absolute atomic E-state index is 9.31. The van der Waals surface area contributed by atoms with Crippen LogP contribution >= 0.6 is 0 Å². The Bertz CT molecular complexity index is 4500. The number of nitrogens with zero attached hydrogens (tertiary/aromatic N) is 4. The number of aromatic nitrogens is 2. The summed E-state index contributed by atoms with van der Waals surface area (Å²) < 4.78 is 105.